The van der Waals surface area contributed by atoms with Gasteiger partial charge in [0.1, 0.15) is 16.7 Å². The molecule has 0 aliphatic carbocycles. The zero-order valence-electron chi connectivity index (χ0n) is 16.4. The molecule has 1 unspecified atom stereocenters. The molecule has 1 aromatic carbocycles. The number of thioether (sulfide) groups is 1. The third-order valence-corrected chi connectivity index (χ3v) is 5.13. The van der Waals surface area contributed by atoms with E-state index in [0.717, 1.165) is 11.8 Å². The number of ether oxygens (including phenoxy) is 3. The molecule has 3 aromatic rings. The number of alkyl halides is 2. The number of hydrogen-bond acceptors (Lipinski definition) is 7. The minimum absolute atomic E-state index is 0.00843. The minimum atomic E-state index is -2.92. The molecule has 0 saturated heterocycles. The van der Waals surface area contributed by atoms with Gasteiger partial charge in [0, 0.05) is 24.9 Å². The molecule has 2 heterocycles. The molecule has 160 valence electrons. The fraction of sp³-hybridized carbons (Fsp3) is 0.316. The van der Waals surface area contributed by atoms with E-state index in [1.807, 2.05) is 6.92 Å². The van der Waals surface area contributed by atoms with Crippen molar-refractivity contribution in [1.29, 1.82) is 0 Å². The highest BCUT2D eigenvalue weighted by molar-refractivity contribution is 8.00. The van der Waals surface area contributed by atoms with Crippen molar-refractivity contribution in [1.82, 2.24) is 20.3 Å². The number of benzene rings is 1. The van der Waals surface area contributed by atoms with Crippen LogP contribution in [0.4, 0.5) is 8.78 Å². The SMILES string of the molecule is CCNC(=O)C(Sc1nc2ccc(OC(F)F)cc2[nH]1)c1nccc(OC)c1OC. The van der Waals surface area contributed by atoms with Gasteiger partial charge in [-0.1, -0.05) is 11.8 Å². The summed E-state index contributed by atoms with van der Waals surface area (Å²) in [5.41, 5.74) is 1.41. The van der Waals surface area contributed by atoms with Crippen LogP contribution in [0, 0.1) is 0 Å². The standard InChI is InChI=1S/C19H20F2N4O4S/c1-4-22-17(26)16(14-15(28-3)13(27-2)7-8-23-14)30-19-24-11-6-5-10(29-18(20)21)9-12(11)25-19/h5-9,16,18H,4H2,1-3H3,(H,22,26)(H,24,25). The Bertz CT molecular complexity index is 1030. The highest BCUT2D eigenvalue weighted by Gasteiger charge is 2.29. The van der Waals surface area contributed by atoms with E-state index < -0.39 is 11.9 Å². The molecule has 0 aliphatic rings. The van der Waals surface area contributed by atoms with Crippen molar-refractivity contribution in [2.75, 3.05) is 20.8 Å². The number of halogens is 2. The molecule has 8 nitrogen and oxygen atoms in total. The number of pyridine rings is 1. The second kappa shape index (κ2) is 9.61. The van der Waals surface area contributed by atoms with Crippen LogP contribution in [0.3, 0.4) is 0 Å². The van der Waals surface area contributed by atoms with E-state index in [1.54, 1.807) is 12.1 Å². The number of aromatic amines is 1. The Kier molecular flexibility index (Phi) is 6.93. The fourth-order valence-corrected chi connectivity index (χ4v) is 3.82. The zero-order valence-corrected chi connectivity index (χ0v) is 17.3. The normalized spacial score (nSPS) is 12.1. The van der Waals surface area contributed by atoms with Crippen molar-refractivity contribution >= 4 is 28.7 Å². The summed E-state index contributed by atoms with van der Waals surface area (Å²) in [7, 11) is 2.96. The minimum Gasteiger partial charge on any atom is -0.493 e. The van der Waals surface area contributed by atoms with Crippen molar-refractivity contribution < 1.29 is 27.8 Å². The maximum atomic E-state index is 12.8. The molecular weight excluding hydrogens is 418 g/mol. The fourth-order valence-electron chi connectivity index (χ4n) is 2.81. The van der Waals surface area contributed by atoms with Crippen LogP contribution < -0.4 is 19.5 Å². The van der Waals surface area contributed by atoms with Gasteiger partial charge in [0.2, 0.25) is 5.91 Å². The number of aromatic nitrogens is 3. The predicted octanol–water partition coefficient (Wildman–Crippen LogP) is 3.55. The number of hydrogen-bond donors (Lipinski definition) is 2. The van der Waals surface area contributed by atoms with Crippen LogP contribution in [-0.4, -0.2) is 48.2 Å². The quantitative estimate of drug-likeness (QED) is 0.493. The van der Waals surface area contributed by atoms with E-state index in [1.165, 1.54) is 32.5 Å². The topological polar surface area (TPSA) is 98.4 Å². The second-order valence-corrected chi connectivity index (χ2v) is 7.02. The van der Waals surface area contributed by atoms with Crippen LogP contribution in [0.25, 0.3) is 11.0 Å². The van der Waals surface area contributed by atoms with Crippen molar-refractivity contribution in [3.63, 3.8) is 0 Å². The molecule has 0 saturated carbocycles. The van der Waals surface area contributed by atoms with Crippen molar-refractivity contribution in [2.45, 2.75) is 23.9 Å². The molecule has 0 spiro atoms. The van der Waals surface area contributed by atoms with E-state index in [4.69, 9.17) is 9.47 Å². The van der Waals surface area contributed by atoms with Crippen molar-refractivity contribution in [3.8, 4) is 17.2 Å². The van der Waals surface area contributed by atoms with Gasteiger partial charge in [0.05, 0.1) is 25.3 Å². The highest BCUT2D eigenvalue weighted by Crippen LogP contribution is 2.41. The molecule has 2 aromatic heterocycles. The first kappa shape index (κ1) is 21.6. The third kappa shape index (κ3) is 4.73. The van der Waals surface area contributed by atoms with Gasteiger partial charge < -0.3 is 24.5 Å². The maximum Gasteiger partial charge on any atom is 0.387 e. The highest BCUT2D eigenvalue weighted by atomic mass is 32.2. The largest absolute Gasteiger partial charge is 0.493 e. The van der Waals surface area contributed by atoms with Crippen LogP contribution in [0.1, 0.15) is 17.9 Å². The van der Waals surface area contributed by atoms with Gasteiger partial charge in [-0.2, -0.15) is 8.78 Å². The molecule has 0 fully saturated rings. The first-order valence-corrected chi connectivity index (χ1v) is 9.80. The number of likely N-dealkylation sites (N-methyl/N-ethyl adjacent to an activating group) is 1. The van der Waals surface area contributed by atoms with Crippen LogP contribution >= 0.6 is 11.8 Å². The predicted molar refractivity (Wildman–Crippen MR) is 107 cm³/mol. The lowest BCUT2D eigenvalue weighted by Crippen LogP contribution is -2.28. The van der Waals surface area contributed by atoms with Gasteiger partial charge >= 0.3 is 6.61 Å². The van der Waals surface area contributed by atoms with Crippen LogP contribution in [0.15, 0.2) is 35.6 Å². The number of carbonyl (C=O) groups excluding carboxylic acids is 1. The molecule has 0 radical (unpaired) electrons. The number of rotatable bonds is 9. The first-order chi connectivity index (χ1) is 14.5. The Hall–Kier alpha value is -3.08. The number of methoxy groups -OCH3 is 2. The molecule has 11 heteroatoms. The summed E-state index contributed by atoms with van der Waals surface area (Å²) in [6.07, 6.45) is 1.52. The number of nitrogens with zero attached hydrogens (tertiary/aromatic N) is 2. The summed E-state index contributed by atoms with van der Waals surface area (Å²) in [5, 5.41) is 2.38. The lowest BCUT2D eigenvalue weighted by molar-refractivity contribution is -0.120. The molecule has 3 rings (SSSR count). The number of nitrogens with one attached hydrogen (secondary N) is 2. The average Bonchev–Trinajstić information content (AvgIpc) is 3.12. The third-order valence-electron chi connectivity index (χ3n) is 4.04. The van der Waals surface area contributed by atoms with Crippen molar-refractivity contribution in [3.05, 3.63) is 36.2 Å². The van der Waals surface area contributed by atoms with Gasteiger partial charge in [-0.15, -0.1) is 0 Å². The number of carbonyl (C=O) groups is 1. The molecule has 1 amide bonds. The van der Waals surface area contributed by atoms with E-state index in [0.29, 0.717) is 39.9 Å². The van der Waals surface area contributed by atoms with E-state index in [2.05, 4.69) is 25.0 Å². The molecular formula is C19H20F2N4O4S. The summed E-state index contributed by atoms with van der Waals surface area (Å²) < 4.78 is 40.1. The molecule has 2 N–H and O–H groups in total. The Morgan fingerprint density at radius 2 is 2.07 bits per heavy atom. The van der Waals surface area contributed by atoms with Gasteiger partial charge in [0.25, 0.3) is 0 Å². The van der Waals surface area contributed by atoms with Gasteiger partial charge in [-0.3, -0.25) is 9.78 Å². The molecule has 30 heavy (non-hydrogen) atoms. The number of amides is 1. The van der Waals surface area contributed by atoms with E-state index in [9.17, 15) is 13.6 Å². The van der Waals surface area contributed by atoms with Crippen LogP contribution in [0.2, 0.25) is 0 Å². The maximum absolute atomic E-state index is 12.8. The zero-order chi connectivity index (χ0) is 21.7. The van der Waals surface area contributed by atoms with Crippen LogP contribution in [-0.2, 0) is 4.79 Å². The number of fused-ring (bicyclic) bond motifs is 1. The lowest BCUT2D eigenvalue weighted by atomic mass is 10.2. The Labute approximate surface area is 175 Å². The lowest BCUT2D eigenvalue weighted by Gasteiger charge is -2.18. The van der Waals surface area contributed by atoms with Gasteiger partial charge in [0.15, 0.2) is 16.7 Å². The number of imidazole rings is 1. The summed E-state index contributed by atoms with van der Waals surface area (Å²) in [4.78, 5) is 24.6. The van der Waals surface area contributed by atoms with E-state index >= 15 is 0 Å². The van der Waals surface area contributed by atoms with Gasteiger partial charge in [-0.25, -0.2) is 4.98 Å². The van der Waals surface area contributed by atoms with E-state index in [-0.39, 0.29) is 11.7 Å². The molecule has 1 atom stereocenters. The first-order valence-electron chi connectivity index (χ1n) is 8.92. The second-order valence-electron chi connectivity index (χ2n) is 5.92. The summed E-state index contributed by atoms with van der Waals surface area (Å²) in [5.74, 6) is 0.501. The molecule has 0 bridgehead atoms. The Balaban J connectivity index is 1.97. The monoisotopic (exact) mass is 438 g/mol. The average molecular weight is 438 g/mol. The van der Waals surface area contributed by atoms with Crippen molar-refractivity contribution in [2.24, 2.45) is 0 Å². The Morgan fingerprint density at radius 1 is 1.27 bits per heavy atom. The summed E-state index contributed by atoms with van der Waals surface area (Å²) in [6, 6.07) is 6.01. The van der Waals surface area contributed by atoms with Gasteiger partial charge in [-0.05, 0) is 19.1 Å². The Morgan fingerprint density at radius 3 is 2.73 bits per heavy atom. The number of H-pyrrole nitrogens is 1. The summed E-state index contributed by atoms with van der Waals surface area (Å²) >= 11 is 1.12. The smallest absolute Gasteiger partial charge is 0.387 e. The molecule has 0 aliphatic heterocycles. The summed E-state index contributed by atoms with van der Waals surface area (Å²) in [6.45, 7) is -0.689. The van der Waals surface area contributed by atoms with Crippen LogP contribution in [0.5, 0.6) is 17.2 Å².